The summed E-state index contributed by atoms with van der Waals surface area (Å²) in [5.74, 6) is -0.774. The molecular weight excluding hydrogens is 334 g/mol. The minimum absolute atomic E-state index is 0.0228. The summed E-state index contributed by atoms with van der Waals surface area (Å²) in [6.07, 6.45) is 1.71. The van der Waals surface area contributed by atoms with E-state index in [0.717, 1.165) is 12.8 Å². The molecule has 1 aliphatic carbocycles. The van der Waals surface area contributed by atoms with E-state index < -0.39 is 15.9 Å². The Bertz CT molecular complexity index is 684. The topological polar surface area (TPSA) is 114 Å². The van der Waals surface area contributed by atoms with Gasteiger partial charge in [-0.3, -0.25) is 9.59 Å². The van der Waals surface area contributed by atoms with E-state index in [1.165, 1.54) is 31.4 Å². The Kier molecular flexibility index (Phi) is 6.29. The molecule has 0 radical (unpaired) electrons. The highest BCUT2D eigenvalue weighted by Crippen LogP contribution is 2.22. The molecule has 1 aliphatic rings. The summed E-state index contributed by atoms with van der Waals surface area (Å²) in [4.78, 5) is 23.5. The van der Waals surface area contributed by atoms with E-state index in [2.05, 4.69) is 15.4 Å². The molecule has 0 spiro atoms. The van der Waals surface area contributed by atoms with Gasteiger partial charge in [-0.1, -0.05) is 0 Å². The third kappa shape index (κ3) is 5.59. The second-order valence-corrected chi connectivity index (χ2v) is 7.16. The number of ether oxygens (including phenoxy) is 1. The molecule has 0 aromatic heterocycles. The second kappa shape index (κ2) is 8.22. The number of rotatable bonds is 9. The molecule has 1 aromatic rings. The molecule has 0 aliphatic heterocycles. The molecule has 3 N–H and O–H groups in total. The summed E-state index contributed by atoms with van der Waals surface area (Å²) in [7, 11) is -2.01. The van der Waals surface area contributed by atoms with Gasteiger partial charge in [0.1, 0.15) is 0 Å². The highest BCUT2D eigenvalue weighted by Gasteiger charge is 2.27. The van der Waals surface area contributed by atoms with Crippen LogP contribution in [0.25, 0.3) is 0 Å². The summed E-state index contributed by atoms with van der Waals surface area (Å²) in [6, 6.07) is 5.60. The van der Waals surface area contributed by atoms with Gasteiger partial charge in [0.15, 0.2) is 0 Å². The van der Waals surface area contributed by atoms with Crippen molar-refractivity contribution in [3.8, 4) is 0 Å². The molecule has 9 heteroatoms. The summed E-state index contributed by atoms with van der Waals surface area (Å²) in [5, 5.41) is 5.05. The van der Waals surface area contributed by atoms with Crippen molar-refractivity contribution in [2.45, 2.75) is 23.8 Å². The molecule has 0 saturated heterocycles. The number of carbonyl (C=O) groups is 2. The maximum atomic E-state index is 12.0. The smallest absolute Gasteiger partial charge is 0.251 e. The Balaban J connectivity index is 1.85. The maximum Gasteiger partial charge on any atom is 0.251 e. The van der Waals surface area contributed by atoms with Crippen LogP contribution in [-0.4, -0.2) is 53.1 Å². The van der Waals surface area contributed by atoms with Gasteiger partial charge in [0.2, 0.25) is 15.9 Å². The maximum absolute atomic E-state index is 12.0. The molecule has 8 nitrogen and oxygen atoms in total. The predicted molar refractivity (Wildman–Crippen MR) is 87.0 cm³/mol. The molecule has 1 saturated carbocycles. The first-order chi connectivity index (χ1) is 11.4. The van der Waals surface area contributed by atoms with E-state index in [1.54, 1.807) is 0 Å². The highest BCUT2D eigenvalue weighted by atomic mass is 32.2. The van der Waals surface area contributed by atoms with Crippen LogP contribution in [-0.2, 0) is 19.6 Å². The molecular formula is C15H21N3O5S. The van der Waals surface area contributed by atoms with Gasteiger partial charge in [-0.25, -0.2) is 13.1 Å². The van der Waals surface area contributed by atoms with Crippen LogP contribution in [0.1, 0.15) is 23.2 Å². The monoisotopic (exact) mass is 355 g/mol. The predicted octanol–water partition coefficient (Wildman–Crippen LogP) is -0.380. The molecule has 1 aromatic carbocycles. The molecule has 24 heavy (non-hydrogen) atoms. The largest absolute Gasteiger partial charge is 0.383 e. The minimum Gasteiger partial charge on any atom is -0.383 e. The average molecular weight is 355 g/mol. The third-order valence-electron chi connectivity index (χ3n) is 3.36. The van der Waals surface area contributed by atoms with Gasteiger partial charge in [-0.05, 0) is 37.1 Å². The van der Waals surface area contributed by atoms with Crippen molar-refractivity contribution in [3.63, 3.8) is 0 Å². The van der Waals surface area contributed by atoms with Gasteiger partial charge in [0.25, 0.3) is 5.91 Å². The zero-order valence-corrected chi connectivity index (χ0v) is 14.2. The quantitative estimate of drug-likeness (QED) is 0.523. The number of methoxy groups -OCH3 is 1. The number of hydrogen-bond donors (Lipinski definition) is 3. The Labute approximate surface area is 141 Å². The first-order valence-electron chi connectivity index (χ1n) is 7.58. The first kappa shape index (κ1) is 18.4. The Hall–Kier alpha value is -1.97. The molecule has 0 unspecified atom stereocenters. The summed E-state index contributed by atoms with van der Waals surface area (Å²) >= 11 is 0. The van der Waals surface area contributed by atoms with Gasteiger partial charge in [0.05, 0.1) is 18.0 Å². The van der Waals surface area contributed by atoms with Gasteiger partial charge in [-0.2, -0.15) is 0 Å². The number of carbonyl (C=O) groups excluding carboxylic acids is 2. The first-order valence-corrected chi connectivity index (χ1v) is 9.07. The van der Waals surface area contributed by atoms with Crippen LogP contribution in [0, 0.1) is 0 Å². The van der Waals surface area contributed by atoms with Gasteiger partial charge in [0, 0.05) is 25.3 Å². The molecule has 0 atom stereocenters. The standard InChI is InChI=1S/C15H21N3O5S/c1-23-9-8-16-14(19)10-17-15(20)11-2-6-13(7-3-11)24(21,22)18-12-4-5-12/h2-3,6-7,12,18H,4-5,8-10H2,1H3,(H,16,19)(H,17,20). The number of hydrogen-bond acceptors (Lipinski definition) is 5. The Morgan fingerprint density at radius 2 is 1.83 bits per heavy atom. The van der Waals surface area contributed by atoms with Gasteiger partial charge in [-0.15, -0.1) is 0 Å². The molecule has 0 heterocycles. The van der Waals surface area contributed by atoms with Crippen LogP contribution < -0.4 is 15.4 Å². The molecule has 1 fully saturated rings. The lowest BCUT2D eigenvalue weighted by Crippen LogP contribution is -2.38. The van der Waals surface area contributed by atoms with E-state index in [0.29, 0.717) is 13.2 Å². The van der Waals surface area contributed by atoms with Crippen LogP contribution in [0.2, 0.25) is 0 Å². The fraction of sp³-hybridized carbons (Fsp3) is 0.467. The number of sulfonamides is 1. The van der Waals surface area contributed by atoms with Crippen LogP contribution >= 0.6 is 0 Å². The van der Waals surface area contributed by atoms with Crippen molar-refractivity contribution < 1.29 is 22.7 Å². The number of benzene rings is 1. The van der Waals surface area contributed by atoms with Crippen molar-refractivity contribution in [2.75, 3.05) is 26.8 Å². The lowest BCUT2D eigenvalue weighted by atomic mass is 10.2. The number of nitrogens with one attached hydrogen (secondary N) is 3. The summed E-state index contributed by atoms with van der Waals surface area (Å²) in [5.41, 5.74) is 0.282. The Morgan fingerprint density at radius 1 is 1.17 bits per heavy atom. The van der Waals surface area contributed by atoms with Crippen molar-refractivity contribution in [2.24, 2.45) is 0 Å². The van der Waals surface area contributed by atoms with E-state index in [4.69, 9.17) is 4.74 Å². The molecule has 132 valence electrons. The fourth-order valence-corrected chi connectivity index (χ4v) is 3.20. The van der Waals surface area contributed by atoms with Crippen molar-refractivity contribution in [1.29, 1.82) is 0 Å². The summed E-state index contributed by atoms with van der Waals surface area (Å²) < 4.78 is 31.4. The van der Waals surface area contributed by atoms with Gasteiger partial charge >= 0.3 is 0 Å². The lowest BCUT2D eigenvalue weighted by molar-refractivity contribution is -0.120. The van der Waals surface area contributed by atoms with Crippen molar-refractivity contribution in [1.82, 2.24) is 15.4 Å². The van der Waals surface area contributed by atoms with E-state index in [-0.39, 0.29) is 29.0 Å². The third-order valence-corrected chi connectivity index (χ3v) is 4.90. The van der Waals surface area contributed by atoms with Crippen molar-refractivity contribution in [3.05, 3.63) is 29.8 Å². The van der Waals surface area contributed by atoms with Crippen LogP contribution in [0.15, 0.2) is 29.2 Å². The zero-order valence-electron chi connectivity index (χ0n) is 13.4. The average Bonchev–Trinajstić information content (AvgIpc) is 3.36. The van der Waals surface area contributed by atoms with Crippen LogP contribution in [0.4, 0.5) is 0 Å². The van der Waals surface area contributed by atoms with E-state index in [9.17, 15) is 18.0 Å². The van der Waals surface area contributed by atoms with Crippen molar-refractivity contribution >= 4 is 21.8 Å². The molecule has 2 amide bonds. The van der Waals surface area contributed by atoms with Crippen LogP contribution in [0.3, 0.4) is 0 Å². The zero-order chi connectivity index (χ0) is 17.6. The Morgan fingerprint density at radius 3 is 2.42 bits per heavy atom. The second-order valence-electron chi connectivity index (χ2n) is 5.45. The fourth-order valence-electron chi connectivity index (χ4n) is 1.89. The SMILES string of the molecule is COCCNC(=O)CNC(=O)c1ccc(S(=O)(=O)NC2CC2)cc1. The minimum atomic E-state index is -3.54. The molecule has 2 rings (SSSR count). The molecule has 0 bridgehead atoms. The van der Waals surface area contributed by atoms with Gasteiger partial charge < -0.3 is 15.4 Å². The number of amides is 2. The van der Waals surface area contributed by atoms with E-state index >= 15 is 0 Å². The lowest BCUT2D eigenvalue weighted by Gasteiger charge is -2.08. The van der Waals surface area contributed by atoms with Crippen LogP contribution in [0.5, 0.6) is 0 Å². The van der Waals surface area contributed by atoms with E-state index in [1.807, 2.05) is 0 Å². The highest BCUT2D eigenvalue weighted by molar-refractivity contribution is 7.89. The summed E-state index contributed by atoms with van der Waals surface area (Å²) in [6.45, 7) is 0.599. The normalized spacial score (nSPS) is 14.2.